The molecule has 0 bridgehead atoms. The van der Waals surface area contributed by atoms with Gasteiger partial charge in [-0.1, -0.05) is 0 Å². The average molecular weight is 441 g/mol. The van der Waals surface area contributed by atoms with Gasteiger partial charge in [-0.2, -0.15) is 17.0 Å². The molecular weight excluding hydrogens is 412 g/mol. The summed E-state index contributed by atoms with van der Waals surface area (Å²) in [4.78, 5) is 27.7. The number of nitrogens with zero attached hydrogens (tertiary/aromatic N) is 4. The predicted octanol–water partition coefficient (Wildman–Crippen LogP) is -0.564. The zero-order valence-electron chi connectivity index (χ0n) is 17.2. The zero-order chi connectivity index (χ0) is 21.9. The van der Waals surface area contributed by atoms with Crippen molar-refractivity contribution in [3.63, 3.8) is 0 Å². The maximum absolute atomic E-state index is 12.9. The summed E-state index contributed by atoms with van der Waals surface area (Å²) in [7, 11) is -0.109. The molecule has 0 aromatic heterocycles. The Morgan fingerprint density at radius 3 is 2.10 bits per heavy atom. The molecule has 2 fully saturated rings. The third-order valence-corrected chi connectivity index (χ3v) is 7.40. The van der Waals surface area contributed by atoms with Crippen LogP contribution in [-0.4, -0.2) is 105 Å². The highest BCUT2D eigenvalue weighted by molar-refractivity contribution is 7.86. The van der Waals surface area contributed by atoms with E-state index in [0.29, 0.717) is 37.6 Å². The van der Waals surface area contributed by atoms with Crippen LogP contribution in [0.4, 0.5) is 10.5 Å². The van der Waals surface area contributed by atoms with Gasteiger partial charge in [0.25, 0.3) is 10.2 Å². The Labute approximate surface area is 176 Å². The summed E-state index contributed by atoms with van der Waals surface area (Å²) < 4.78 is 33.9. The number of carbonyl (C=O) groups is 2. The molecule has 3 N–H and O–H groups in total. The van der Waals surface area contributed by atoms with Crippen molar-refractivity contribution in [1.82, 2.24) is 18.4 Å². The van der Waals surface area contributed by atoms with Crippen molar-refractivity contribution in [3.05, 3.63) is 23.8 Å². The molecule has 3 rings (SSSR count). The monoisotopic (exact) mass is 440 g/mol. The van der Waals surface area contributed by atoms with E-state index in [2.05, 4.69) is 10.2 Å². The quantitative estimate of drug-likeness (QED) is 0.631. The minimum absolute atomic E-state index is 0.223. The second-order valence-corrected chi connectivity index (χ2v) is 9.23. The number of hydrogen-bond acceptors (Lipinski definition) is 6. The first-order valence-corrected chi connectivity index (χ1v) is 11.1. The van der Waals surface area contributed by atoms with Gasteiger partial charge in [-0.05, 0) is 25.2 Å². The van der Waals surface area contributed by atoms with Gasteiger partial charge in [0.15, 0.2) is 0 Å². The summed E-state index contributed by atoms with van der Waals surface area (Å²) in [6.45, 7) is 3.31. The van der Waals surface area contributed by atoms with Gasteiger partial charge in [-0.3, -0.25) is 4.79 Å². The Bertz CT molecular complexity index is 892. The van der Waals surface area contributed by atoms with Gasteiger partial charge < -0.3 is 25.6 Å². The number of urea groups is 1. The summed E-state index contributed by atoms with van der Waals surface area (Å²) in [5.41, 5.74) is 5.87. The Hall–Kier alpha value is -2.41. The number of rotatable bonds is 5. The number of ether oxygens (including phenoxy) is 1. The number of benzene rings is 1. The predicted molar refractivity (Wildman–Crippen MR) is 112 cm³/mol. The van der Waals surface area contributed by atoms with Crippen LogP contribution in [0.5, 0.6) is 5.75 Å². The SMILES string of the molecule is COc1ccc(C(N)=O)cc1NC(=O)N1CCN(S(=O)(=O)N2CCN(C)CC2)CC1. The number of nitrogens with two attached hydrogens (primary N) is 1. The van der Waals surface area contributed by atoms with Crippen LogP contribution in [0.15, 0.2) is 18.2 Å². The molecule has 12 heteroatoms. The fourth-order valence-corrected chi connectivity index (χ4v) is 5.03. The molecular formula is C18H28N6O5S. The second kappa shape index (κ2) is 9.16. The molecule has 0 unspecified atom stereocenters. The van der Waals surface area contributed by atoms with Gasteiger partial charge in [0, 0.05) is 57.9 Å². The molecule has 166 valence electrons. The summed E-state index contributed by atoms with van der Waals surface area (Å²) in [5, 5.41) is 2.72. The zero-order valence-corrected chi connectivity index (χ0v) is 18.0. The van der Waals surface area contributed by atoms with E-state index in [1.54, 1.807) is 6.07 Å². The summed E-state index contributed by atoms with van der Waals surface area (Å²) in [5.74, 6) is -0.222. The summed E-state index contributed by atoms with van der Waals surface area (Å²) in [6.07, 6.45) is 0. The van der Waals surface area contributed by atoms with E-state index in [1.807, 2.05) is 7.05 Å². The molecule has 2 aliphatic rings. The van der Waals surface area contributed by atoms with Crippen LogP contribution >= 0.6 is 0 Å². The molecule has 3 amide bonds. The minimum atomic E-state index is -3.53. The number of primary amides is 1. The molecule has 1 aromatic rings. The highest BCUT2D eigenvalue weighted by atomic mass is 32.2. The third-order valence-electron chi connectivity index (χ3n) is 5.37. The van der Waals surface area contributed by atoms with Crippen LogP contribution in [0, 0.1) is 0 Å². The highest BCUT2D eigenvalue weighted by Crippen LogP contribution is 2.26. The third kappa shape index (κ3) is 4.83. The number of likely N-dealkylation sites (N-methyl/N-ethyl adjacent to an activating group) is 1. The number of piperazine rings is 2. The van der Waals surface area contributed by atoms with E-state index in [-0.39, 0.29) is 31.7 Å². The fraction of sp³-hybridized carbons (Fsp3) is 0.556. The second-order valence-electron chi connectivity index (χ2n) is 7.31. The van der Waals surface area contributed by atoms with Crippen LogP contribution < -0.4 is 15.8 Å². The lowest BCUT2D eigenvalue weighted by Gasteiger charge is -2.39. The number of anilines is 1. The van der Waals surface area contributed by atoms with Crippen LogP contribution in [0.25, 0.3) is 0 Å². The molecule has 11 nitrogen and oxygen atoms in total. The molecule has 0 atom stereocenters. The van der Waals surface area contributed by atoms with E-state index in [4.69, 9.17) is 10.5 Å². The van der Waals surface area contributed by atoms with Crippen molar-refractivity contribution in [1.29, 1.82) is 0 Å². The molecule has 0 spiro atoms. The molecule has 0 saturated carbocycles. The van der Waals surface area contributed by atoms with Crippen molar-refractivity contribution in [2.75, 3.05) is 71.8 Å². The van der Waals surface area contributed by atoms with Crippen molar-refractivity contribution >= 4 is 27.8 Å². The summed E-state index contributed by atoms with van der Waals surface area (Å²) >= 11 is 0. The summed E-state index contributed by atoms with van der Waals surface area (Å²) in [6, 6.07) is 4.12. The first-order chi connectivity index (χ1) is 14.2. The molecule has 0 aliphatic carbocycles. The molecule has 2 saturated heterocycles. The van der Waals surface area contributed by atoms with Crippen LogP contribution in [0.3, 0.4) is 0 Å². The standard InChI is InChI=1S/C18H28N6O5S/c1-21-5-9-23(10-6-21)30(27,28)24-11-7-22(8-12-24)18(26)20-15-13-14(17(19)25)3-4-16(15)29-2/h3-4,13H,5-12H2,1-2H3,(H2,19,25)(H,20,26). The molecule has 2 aliphatic heterocycles. The fourth-order valence-electron chi connectivity index (χ4n) is 3.46. The Kier molecular flexibility index (Phi) is 6.81. The number of hydrogen-bond donors (Lipinski definition) is 2. The van der Waals surface area contributed by atoms with Crippen molar-refractivity contribution in [2.24, 2.45) is 5.73 Å². The van der Waals surface area contributed by atoms with Gasteiger partial charge in [0.05, 0.1) is 12.8 Å². The van der Waals surface area contributed by atoms with Gasteiger partial charge in [-0.15, -0.1) is 0 Å². The van der Waals surface area contributed by atoms with Gasteiger partial charge >= 0.3 is 6.03 Å². The number of methoxy groups -OCH3 is 1. The van der Waals surface area contributed by atoms with Gasteiger partial charge in [0.2, 0.25) is 5.91 Å². The lowest BCUT2D eigenvalue weighted by Crippen LogP contribution is -2.57. The van der Waals surface area contributed by atoms with Crippen LogP contribution in [0.2, 0.25) is 0 Å². The molecule has 0 radical (unpaired) electrons. The maximum Gasteiger partial charge on any atom is 0.322 e. The first-order valence-electron chi connectivity index (χ1n) is 9.70. The van der Waals surface area contributed by atoms with Crippen molar-refractivity contribution < 1.29 is 22.7 Å². The Morgan fingerprint density at radius 2 is 1.57 bits per heavy atom. The maximum atomic E-state index is 12.9. The lowest BCUT2D eigenvalue weighted by atomic mass is 10.2. The lowest BCUT2D eigenvalue weighted by molar-refractivity contribution is 0.1000. The van der Waals surface area contributed by atoms with Gasteiger partial charge in [0.1, 0.15) is 5.75 Å². The topological polar surface area (TPSA) is 129 Å². The minimum Gasteiger partial charge on any atom is -0.495 e. The molecule has 1 aromatic carbocycles. The number of nitrogens with one attached hydrogen (secondary N) is 1. The Balaban J connectivity index is 1.61. The molecule has 30 heavy (non-hydrogen) atoms. The average Bonchev–Trinajstić information content (AvgIpc) is 2.74. The largest absolute Gasteiger partial charge is 0.495 e. The van der Waals surface area contributed by atoms with Crippen molar-refractivity contribution in [3.8, 4) is 5.75 Å². The van der Waals surface area contributed by atoms with E-state index in [1.165, 1.54) is 32.8 Å². The number of amides is 3. The van der Waals surface area contributed by atoms with Crippen molar-refractivity contribution in [2.45, 2.75) is 0 Å². The number of carbonyl (C=O) groups excluding carboxylic acids is 2. The Morgan fingerprint density at radius 1 is 1.00 bits per heavy atom. The van der Waals surface area contributed by atoms with E-state index in [0.717, 1.165) is 0 Å². The van der Waals surface area contributed by atoms with Crippen LogP contribution in [0.1, 0.15) is 10.4 Å². The normalized spacial score (nSPS) is 19.5. The molecule has 2 heterocycles. The van der Waals surface area contributed by atoms with Crippen LogP contribution in [-0.2, 0) is 10.2 Å². The van der Waals surface area contributed by atoms with E-state index >= 15 is 0 Å². The van der Waals surface area contributed by atoms with E-state index in [9.17, 15) is 18.0 Å². The first kappa shape index (κ1) is 22.3. The van der Waals surface area contributed by atoms with E-state index < -0.39 is 22.1 Å². The highest BCUT2D eigenvalue weighted by Gasteiger charge is 2.34. The smallest absolute Gasteiger partial charge is 0.322 e. The van der Waals surface area contributed by atoms with Gasteiger partial charge in [-0.25, -0.2) is 4.79 Å².